The van der Waals surface area contributed by atoms with Crippen molar-refractivity contribution in [2.24, 2.45) is 11.3 Å². The summed E-state index contributed by atoms with van der Waals surface area (Å²) in [6.07, 6.45) is 4.01. The Kier molecular flexibility index (Phi) is 2.82. The van der Waals surface area contributed by atoms with Crippen LogP contribution in [-0.4, -0.2) is 15.6 Å². The Balaban J connectivity index is 2.01. The lowest BCUT2D eigenvalue weighted by Gasteiger charge is -2.38. The Morgan fingerprint density at radius 3 is 2.71 bits per heavy atom. The first-order chi connectivity index (χ1) is 6.47. The predicted octanol–water partition coefficient (Wildman–Crippen LogP) is 3.19. The van der Waals surface area contributed by atoms with Crippen LogP contribution in [0.1, 0.15) is 40.0 Å². The van der Waals surface area contributed by atoms with Gasteiger partial charge in [-0.1, -0.05) is 44.8 Å². The molecule has 1 aliphatic carbocycles. The summed E-state index contributed by atoms with van der Waals surface area (Å²) in [5, 5.41) is 4.17. The summed E-state index contributed by atoms with van der Waals surface area (Å²) in [7, 11) is 0. The number of thiocarbonyl (C=S) groups is 1. The highest BCUT2D eigenvalue weighted by atomic mass is 32.2. The molecular weight excluding hydrogens is 210 g/mol. The van der Waals surface area contributed by atoms with E-state index in [-0.39, 0.29) is 0 Å². The van der Waals surface area contributed by atoms with E-state index in [0.29, 0.717) is 11.5 Å². The second kappa shape index (κ2) is 3.67. The van der Waals surface area contributed by atoms with Crippen molar-refractivity contribution in [3.63, 3.8) is 0 Å². The maximum atomic E-state index is 5.22. The molecule has 1 saturated heterocycles. The van der Waals surface area contributed by atoms with Gasteiger partial charge in [-0.3, -0.25) is 0 Å². The predicted molar refractivity (Wildman–Crippen MR) is 67.7 cm³/mol. The molecule has 2 aliphatic rings. The standard InChI is InChI=1S/C11H19NS2/c1-11(2,3)7-4-5-8-9(6-7)14-10(13)12-8/h7-9H,4-6H2,1-3H3,(H,12,13)/t7-,8+,9-/m0/s1. The largest absolute Gasteiger partial charge is 0.367 e. The first-order valence-electron chi connectivity index (χ1n) is 5.44. The van der Waals surface area contributed by atoms with E-state index in [0.717, 1.165) is 15.5 Å². The van der Waals surface area contributed by atoms with Gasteiger partial charge in [-0.2, -0.15) is 0 Å². The van der Waals surface area contributed by atoms with Gasteiger partial charge in [0.05, 0.1) is 0 Å². The molecule has 0 amide bonds. The van der Waals surface area contributed by atoms with Crippen LogP contribution < -0.4 is 5.32 Å². The normalized spacial score (nSPS) is 37.9. The van der Waals surface area contributed by atoms with Crippen molar-refractivity contribution in [2.75, 3.05) is 0 Å². The van der Waals surface area contributed by atoms with Gasteiger partial charge in [-0.05, 0) is 30.6 Å². The summed E-state index contributed by atoms with van der Waals surface area (Å²) in [4.78, 5) is 0. The summed E-state index contributed by atoms with van der Waals surface area (Å²) in [6.45, 7) is 7.09. The maximum Gasteiger partial charge on any atom is 0.134 e. The zero-order valence-corrected chi connectivity index (χ0v) is 10.8. The van der Waals surface area contributed by atoms with Crippen LogP contribution in [0.4, 0.5) is 0 Å². The highest BCUT2D eigenvalue weighted by Gasteiger charge is 2.40. The van der Waals surface area contributed by atoms with Crippen LogP contribution in [0.15, 0.2) is 0 Å². The molecule has 0 bridgehead atoms. The first kappa shape index (κ1) is 10.7. The Morgan fingerprint density at radius 1 is 1.36 bits per heavy atom. The Hall–Kier alpha value is 0.240. The fourth-order valence-corrected chi connectivity index (χ4v) is 4.25. The van der Waals surface area contributed by atoms with E-state index in [4.69, 9.17) is 12.2 Å². The van der Waals surface area contributed by atoms with Crippen LogP contribution in [0, 0.1) is 11.3 Å². The lowest BCUT2D eigenvalue weighted by Crippen LogP contribution is -2.39. The van der Waals surface area contributed by atoms with Gasteiger partial charge in [0.1, 0.15) is 4.32 Å². The van der Waals surface area contributed by atoms with Gasteiger partial charge in [0.15, 0.2) is 0 Å². The number of hydrogen-bond acceptors (Lipinski definition) is 2. The van der Waals surface area contributed by atoms with Crippen LogP contribution in [0.5, 0.6) is 0 Å². The molecule has 14 heavy (non-hydrogen) atoms. The Morgan fingerprint density at radius 2 is 2.07 bits per heavy atom. The lowest BCUT2D eigenvalue weighted by atomic mass is 9.71. The zero-order chi connectivity index (χ0) is 10.3. The molecule has 2 rings (SSSR count). The highest BCUT2D eigenvalue weighted by Crippen LogP contribution is 2.43. The lowest BCUT2D eigenvalue weighted by molar-refractivity contribution is 0.172. The quantitative estimate of drug-likeness (QED) is 0.641. The number of fused-ring (bicyclic) bond motifs is 1. The van der Waals surface area contributed by atoms with E-state index >= 15 is 0 Å². The van der Waals surface area contributed by atoms with E-state index in [1.807, 2.05) is 11.8 Å². The van der Waals surface area contributed by atoms with E-state index in [9.17, 15) is 0 Å². The molecule has 0 aromatic rings. The Bertz CT molecular complexity index is 244. The second-order valence-electron chi connectivity index (χ2n) is 5.57. The number of thioether (sulfide) groups is 1. The summed E-state index contributed by atoms with van der Waals surface area (Å²) in [5.41, 5.74) is 0.468. The van der Waals surface area contributed by atoms with Gasteiger partial charge in [-0.25, -0.2) is 0 Å². The molecule has 1 aliphatic heterocycles. The topological polar surface area (TPSA) is 12.0 Å². The van der Waals surface area contributed by atoms with Crippen molar-refractivity contribution in [1.29, 1.82) is 0 Å². The van der Waals surface area contributed by atoms with Gasteiger partial charge >= 0.3 is 0 Å². The summed E-state index contributed by atoms with van der Waals surface area (Å²) in [5.74, 6) is 0.874. The van der Waals surface area contributed by atoms with Gasteiger partial charge < -0.3 is 5.32 Å². The molecule has 2 fully saturated rings. The summed E-state index contributed by atoms with van der Waals surface area (Å²) >= 11 is 7.11. The van der Waals surface area contributed by atoms with Crippen molar-refractivity contribution in [3.8, 4) is 0 Å². The fraction of sp³-hybridized carbons (Fsp3) is 0.909. The third-order valence-corrected chi connectivity index (χ3v) is 5.14. The van der Waals surface area contributed by atoms with E-state index in [1.54, 1.807) is 0 Å². The minimum Gasteiger partial charge on any atom is -0.367 e. The second-order valence-corrected chi connectivity index (χ2v) is 7.49. The average Bonchev–Trinajstić information content (AvgIpc) is 2.41. The average molecular weight is 229 g/mol. The van der Waals surface area contributed by atoms with Gasteiger partial charge in [-0.15, -0.1) is 0 Å². The highest BCUT2D eigenvalue weighted by molar-refractivity contribution is 8.23. The van der Waals surface area contributed by atoms with Crippen molar-refractivity contribution in [2.45, 2.75) is 51.3 Å². The minimum atomic E-state index is 0.468. The molecule has 1 saturated carbocycles. The molecule has 1 heterocycles. The van der Waals surface area contributed by atoms with Crippen LogP contribution in [0.25, 0.3) is 0 Å². The third-order valence-electron chi connectivity index (χ3n) is 3.58. The monoisotopic (exact) mass is 229 g/mol. The van der Waals surface area contributed by atoms with Crippen molar-refractivity contribution in [3.05, 3.63) is 0 Å². The van der Waals surface area contributed by atoms with Gasteiger partial charge in [0, 0.05) is 11.3 Å². The molecular formula is C11H19NS2. The van der Waals surface area contributed by atoms with Crippen LogP contribution in [0.3, 0.4) is 0 Å². The molecule has 1 N–H and O–H groups in total. The number of hydrogen-bond donors (Lipinski definition) is 1. The number of nitrogens with one attached hydrogen (secondary N) is 1. The van der Waals surface area contributed by atoms with E-state index in [2.05, 4.69) is 26.1 Å². The fourth-order valence-electron chi connectivity index (χ4n) is 2.53. The SMILES string of the molecule is CC(C)(C)[C@H]1CC[C@H]2NC(=S)S[C@H]2C1. The first-order valence-corrected chi connectivity index (χ1v) is 6.73. The Labute approximate surface area is 96.4 Å². The van der Waals surface area contributed by atoms with Crippen molar-refractivity contribution >= 4 is 28.3 Å². The molecule has 0 spiro atoms. The molecule has 0 aromatic carbocycles. The van der Waals surface area contributed by atoms with Crippen LogP contribution in [0.2, 0.25) is 0 Å². The van der Waals surface area contributed by atoms with Crippen molar-refractivity contribution < 1.29 is 0 Å². The van der Waals surface area contributed by atoms with Gasteiger partial charge in [0.2, 0.25) is 0 Å². The van der Waals surface area contributed by atoms with Crippen LogP contribution >= 0.6 is 24.0 Å². The van der Waals surface area contributed by atoms with E-state index < -0.39 is 0 Å². The number of rotatable bonds is 0. The van der Waals surface area contributed by atoms with Crippen LogP contribution in [-0.2, 0) is 0 Å². The maximum absolute atomic E-state index is 5.22. The van der Waals surface area contributed by atoms with Crippen molar-refractivity contribution in [1.82, 2.24) is 5.32 Å². The molecule has 1 nitrogen and oxygen atoms in total. The molecule has 0 aromatic heterocycles. The minimum absolute atomic E-state index is 0.468. The van der Waals surface area contributed by atoms with E-state index in [1.165, 1.54) is 19.3 Å². The third kappa shape index (κ3) is 2.08. The summed E-state index contributed by atoms with van der Waals surface area (Å²) < 4.78 is 1.02. The molecule has 3 heteroatoms. The molecule has 80 valence electrons. The van der Waals surface area contributed by atoms with Gasteiger partial charge in [0.25, 0.3) is 0 Å². The zero-order valence-electron chi connectivity index (χ0n) is 9.17. The molecule has 0 radical (unpaired) electrons. The molecule has 0 unspecified atom stereocenters. The smallest absolute Gasteiger partial charge is 0.134 e. The summed E-state index contributed by atoms with van der Waals surface area (Å²) in [6, 6.07) is 0.672. The molecule has 3 atom stereocenters.